The normalized spacial score (nSPS) is 16.4. The van der Waals surface area contributed by atoms with E-state index in [1.54, 1.807) is 0 Å². The average molecular weight is 484 g/mol. The predicted molar refractivity (Wildman–Crippen MR) is 140 cm³/mol. The molecule has 0 radical (unpaired) electrons. The van der Waals surface area contributed by atoms with Gasteiger partial charge in [0.1, 0.15) is 5.75 Å². The molecule has 1 aliphatic heterocycles. The number of likely N-dealkylation sites (tertiary alicyclic amines) is 1. The van der Waals surface area contributed by atoms with Gasteiger partial charge < -0.3 is 14.7 Å². The SMILES string of the molecule is CCC(C)COc1ccc(N(C)CCC2(O)CCN(Cc3ccccc3)CC2)cc1.Cl.Cl. The van der Waals surface area contributed by atoms with Gasteiger partial charge in [0.2, 0.25) is 0 Å². The first-order chi connectivity index (χ1) is 14.5. The summed E-state index contributed by atoms with van der Waals surface area (Å²) in [5, 5.41) is 11.1. The van der Waals surface area contributed by atoms with Gasteiger partial charge in [-0.1, -0.05) is 50.6 Å². The van der Waals surface area contributed by atoms with Gasteiger partial charge in [0.25, 0.3) is 0 Å². The molecule has 0 spiro atoms. The van der Waals surface area contributed by atoms with Gasteiger partial charge in [0, 0.05) is 38.9 Å². The fraction of sp³-hybridized carbons (Fsp3) is 0.538. The topological polar surface area (TPSA) is 35.9 Å². The van der Waals surface area contributed by atoms with Gasteiger partial charge in [-0.2, -0.15) is 0 Å². The van der Waals surface area contributed by atoms with E-state index >= 15 is 0 Å². The molecule has 3 rings (SSSR count). The Morgan fingerprint density at radius 3 is 2.25 bits per heavy atom. The lowest BCUT2D eigenvalue weighted by Crippen LogP contribution is -2.45. The van der Waals surface area contributed by atoms with Crippen molar-refractivity contribution in [3.8, 4) is 5.75 Å². The van der Waals surface area contributed by atoms with Crippen LogP contribution in [-0.2, 0) is 6.54 Å². The molecule has 0 aliphatic carbocycles. The fourth-order valence-electron chi connectivity index (χ4n) is 3.88. The molecular weight excluding hydrogens is 443 g/mol. The summed E-state index contributed by atoms with van der Waals surface area (Å²) in [4.78, 5) is 4.68. The Morgan fingerprint density at radius 2 is 1.66 bits per heavy atom. The van der Waals surface area contributed by atoms with Gasteiger partial charge in [-0.05, 0) is 55.0 Å². The summed E-state index contributed by atoms with van der Waals surface area (Å²) in [6.07, 6.45) is 3.62. The van der Waals surface area contributed by atoms with Crippen LogP contribution in [0.15, 0.2) is 54.6 Å². The first-order valence-electron chi connectivity index (χ1n) is 11.4. The molecule has 180 valence electrons. The minimum Gasteiger partial charge on any atom is -0.493 e. The van der Waals surface area contributed by atoms with E-state index in [0.717, 1.165) is 69.9 Å². The summed E-state index contributed by atoms with van der Waals surface area (Å²) < 4.78 is 5.85. The van der Waals surface area contributed by atoms with Crippen LogP contribution in [0.25, 0.3) is 0 Å². The lowest BCUT2D eigenvalue weighted by Gasteiger charge is -2.39. The molecule has 2 aromatic rings. The molecule has 1 N–H and O–H groups in total. The van der Waals surface area contributed by atoms with Crippen molar-refractivity contribution in [2.24, 2.45) is 5.92 Å². The van der Waals surface area contributed by atoms with Gasteiger partial charge in [-0.3, -0.25) is 4.90 Å². The molecule has 2 aromatic carbocycles. The minimum absolute atomic E-state index is 0. The van der Waals surface area contributed by atoms with Crippen LogP contribution in [0.1, 0.15) is 45.1 Å². The average Bonchev–Trinajstić information content (AvgIpc) is 2.78. The summed E-state index contributed by atoms with van der Waals surface area (Å²) >= 11 is 0. The number of anilines is 1. The highest BCUT2D eigenvalue weighted by atomic mass is 35.5. The van der Waals surface area contributed by atoms with Gasteiger partial charge in [0.05, 0.1) is 12.2 Å². The second kappa shape index (κ2) is 13.9. The number of ether oxygens (including phenoxy) is 1. The summed E-state index contributed by atoms with van der Waals surface area (Å²) in [5.41, 5.74) is 1.95. The van der Waals surface area contributed by atoms with E-state index in [-0.39, 0.29) is 24.8 Å². The Labute approximate surface area is 206 Å². The van der Waals surface area contributed by atoms with Crippen LogP contribution in [0.2, 0.25) is 0 Å². The Hall–Kier alpha value is -1.46. The van der Waals surface area contributed by atoms with Crippen molar-refractivity contribution >= 4 is 30.5 Å². The third kappa shape index (κ3) is 8.82. The molecule has 1 fully saturated rings. The smallest absolute Gasteiger partial charge is 0.119 e. The number of nitrogens with zero attached hydrogens (tertiary/aromatic N) is 2. The largest absolute Gasteiger partial charge is 0.493 e. The van der Waals surface area contributed by atoms with E-state index in [4.69, 9.17) is 4.74 Å². The van der Waals surface area contributed by atoms with Crippen molar-refractivity contribution in [3.63, 3.8) is 0 Å². The Bertz CT molecular complexity index is 750. The molecule has 0 aromatic heterocycles. The summed E-state index contributed by atoms with van der Waals surface area (Å²) in [7, 11) is 2.10. The quantitative estimate of drug-likeness (QED) is 0.463. The Kier molecular flexibility index (Phi) is 12.5. The molecule has 0 saturated carbocycles. The highest BCUT2D eigenvalue weighted by molar-refractivity contribution is 5.85. The van der Waals surface area contributed by atoms with E-state index in [2.05, 4.69) is 73.2 Å². The maximum atomic E-state index is 11.1. The molecule has 1 unspecified atom stereocenters. The first kappa shape index (κ1) is 28.6. The molecule has 0 amide bonds. The maximum Gasteiger partial charge on any atom is 0.119 e. The van der Waals surface area contributed by atoms with E-state index in [0.29, 0.717) is 5.92 Å². The number of hydrogen-bond acceptors (Lipinski definition) is 4. The Morgan fingerprint density at radius 1 is 1.03 bits per heavy atom. The number of piperidine rings is 1. The third-order valence-electron chi connectivity index (χ3n) is 6.46. The lowest BCUT2D eigenvalue weighted by atomic mass is 9.88. The molecule has 1 atom stereocenters. The van der Waals surface area contributed by atoms with Crippen molar-refractivity contribution in [3.05, 3.63) is 60.2 Å². The molecule has 1 heterocycles. The monoisotopic (exact) mass is 482 g/mol. The fourth-order valence-corrected chi connectivity index (χ4v) is 3.88. The van der Waals surface area contributed by atoms with Gasteiger partial charge in [-0.25, -0.2) is 0 Å². The summed E-state index contributed by atoms with van der Waals surface area (Å²) in [6, 6.07) is 18.9. The second-order valence-corrected chi connectivity index (χ2v) is 8.98. The number of hydrogen-bond donors (Lipinski definition) is 1. The van der Waals surface area contributed by atoms with Crippen molar-refractivity contribution in [1.82, 2.24) is 4.90 Å². The summed E-state index contributed by atoms with van der Waals surface area (Å²) in [6.45, 7) is 8.89. The lowest BCUT2D eigenvalue weighted by molar-refractivity contribution is -0.0275. The molecule has 32 heavy (non-hydrogen) atoms. The number of benzene rings is 2. The van der Waals surface area contributed by atoms with Crippen LogP contribution in [0.5, 0.6) is 5.75 Å². The van der Waals surface area contributed by atoms with Gasteiger partial charge in [-0.15, -0.1) is 24.8 Å². The zero-order chi connectivity index (χ0) is 21.4. The van der Waals surface area contributed by atoms with E-state index in [1.807, 2.05) is 12.1 Å². The zero-order valence-electron chi connectivity index (χ0n) is 19.7. The van der Waals surface area contributed by atoms with Gasteiger partial charge in [0.15, 0.2) is 0 Å². The summed E-state index contributed by atoms with van der Waals surface area (Å²) in [5.74, 6) is 1.50. The van der Waals surface area contributed by atoms with Crippen LogP contribution in [0.3, 0.4) is 0 Å². The van der Waals surface area contributed by atoms with E-state index in [1.165, 1.54) is 5.56 Å². The minimum atomic E-state index is -0.555. The number of halogens is 2. The molecule has 6 heteroatoms. The van der Waals surface area contributed by atoms with Crippen LogP contribution in [-0.4, -0.2) is 48.9 Å². The number of rotatable bonds is 10. The third-order valence-corrected chi connectivity index (χ3v) is 6.46. The highest BCUT2D eigenvalue weighted by Gasteiger charge is 2.32. The highest BCUT2D eigenvalue weighted by Crippen LogP contribution is 2.28. The molecule has 0 bridgehead atoms. The predicted octanol–water partition coefficient (Wildman–Crippen LogP) is 5.81. The maximum absolute atomic E-state index is 11.1. The molecular formula is C26H40Cl2N2O2. The Balaban J connectivity index is 0.00000256. The molecule has 1 saturated heterocycles. The van der Waals surface area contributed by atoms with Crippen LogP contribution < -0.4 is 9.64 Å². The molecule has 4 nitrogen and oxygen atoms in total. The van der Waals surface area contributed by atoms with Crippen molar-refractivity contribution in [2.45, 2.75) is 51.7 Å². The van der Waals surface area contributed by atoms with Crippen molar-refractivity contribution < 1.29 is 9.84 Å². The second-order valence-electron chi connectivity index (χ2n) is 8.98. The van der Waals surface area contributed by atoms with Crippen LogP contribution in [0.4, 0.5) is 5.69 Å². The van der Waals surface area contributed by atoms with E-state index in [9.17, 15) is 5.11 Å². The zero-order valence-corrected chi connectivity index (χ0v) is 21.3. The standard InChI is InChI=1S/C26H38N2O2.2ClH/c1-4-22(2)21-30-25-12-10-24(11-13-25)27(3)17-14-26(29)15-18-28(19-16-26)20-23-8-6-5-7-9-23;;/h5-13,22,29H,4,14-21H2,1-3H3;2*1H. The van der Waals surface area contributed by atoms with Gasteiger partial charge >= 0.3 is 0 Å². The number of aliphatic hydroxyl groups is 1. The first-order valence-corrected chi connectivity index (χ1v) is 11.4. The van der Waals surface area contributed by atoms with Crippen LogP contribution in [0, 0.1) is 5.92 Å². The molecule has 1 aliphatic rings. The van der Waals surface area contributed by atoms with Crippen LogP contribution >= 0.6 is 24.8 Å². The van der Waals surface area contributed by atoms with Crippen molar-refractivity contribution in [1.29, 1.82) is 0 Å². The van der Waals surface area contributed by atoms with E-state index < -0.39 is 5.60 Å². The van der Waals surface area contributed by atoms with Crippen molar-refractivity contribution in [2.75, 3.05) is 38.2 Å².